The molecule has 0 radical (unpaired) electrons. The number of rotatable bonds is 5. The van der Waals surface area contributed by atoms with Crippen LogP contribution >= 0.6 is 11.3 Å². The van der Waals surface area contributed by atoms with Crippen molar-refractivity contribution in [2.75, 3.05) is 7.11 Å². The summed E-state index contributed by atoms with van der Waals surface area (Å²) in [6, 6.07) is 5.04. The van der Waals surface area contributed by atoms with Crippen LogP contribution < -0.4 is 10.1 Å². The Kier molecular flexibility index (Phi) is 4.28. The maximum Gasteiger partial charge on any atom is 0.165 e. The summed E-state index contributed by atoms with van der Waals surface area (Å²) in [4.78, 5) is 5.20. The highest BCUT2D eigenvalue weighted by Crippen LogP contribution is 2.22. The highest BCUT2D eigenvalue weighted by Gasteiger charge is 2.09. The lowest BCUT2D eigenvalue weighted by Crippen LogP contribution is -2.17. The molecule has 1 atom stereocenters. The van der Waals surface area contributed by atoms with Crippen LogP contribution in [0.5, 0.6) is 5.75 Å². The zero-order valence-corrected chi connectivity index (χ0v) is 11.1. The zero-order valence-electron chi connectivity index (χ0n) is 10.3. The summed E-state index contributed by atoms with van der Waals surface area (Å²) in [5, 5.41) is 3.36. The summed E-state index contributed by atoms with van der Waals surface area (Å²) >= 11 is 1.61. The molecule has 0 spiro atoms. The van der Waals surface area contributed by atoms with Crippen LogP contribution in [0.1, 0.15) is 23.4 Å². The van der Waals surface area contributed by atoms with Crippen molar-refractivity contribution in [1.82, 2.24) is 10.3 Å². The van der Waals surface area contributed by atoms with E-state index in [2.05, 4.69) is 10.3 Å². The van der Waals surface area contributed by atoms with E-state index in [9.17, 15) is 4.39 Å². The molecule has 1 N–H and O–H groups in total. The SMILES string of the molecule is COc1cc(C(C)NCc2cncs2)ccc1F. The molecule has 2 rings (SSSR count). The van der Waals surface area contributed by atoms with E-state index in [1.54, 1.807) is 23.5 Å². The molecule has 5 heteroatoms. The predicted octanol–water partition coefficient (Wildman–Crippen LogP) is 3.14. The van der Waals surface area contributed by atoms with Gasteiger partial charge in [0.1, 0.15) is 0 Å². The topological polar surface area (TPSA) is 34.1 Å². The van der Waals surface area contributed by atoms with Gasteiger partial charge in [0.25, 0.3) is 0 Å². The summed E-state index contributed by atoms with van der Waals surface area (Å²) in [6.07, 6.45) is 1.84. The van der Waals surface area contributed by atoms with Gasteiger partial charge in [0.2, 0.25) is 0 Å². The third kappa shape index (κ3) is 3.05. The lowest BCUT2D eigenvalue weighted by molar-refractivity contribution is 0.385. The highest BCUT2D eigenvalue weighted by atomic mass is 32.1. The Morgan fingerprint density at radius 3 is 3.00 bits per heavy atom. The van der Waals surface area contributed by atoms with E-state index in [-0.39, 0.29) is 17.6 Å². The maximum absolute atomic E-state index is 13.3. The zero-order chi connectivity index (χ0) is 13.0. The number of hydrogen-bond acceptors (Lipinski definition) is 4. The van der Waals surface area contributed by atoms with Gasteiger partial charge in [-0.2, -0.15) is 0 Å². The standard InChI is InChI=1S/C13H15FN2OS/c1-9(16-7-11-6-15-8-18-11)10-3-4-12(14)13(5-10)17-2/h3-6,8-9,16H,7H2,1-2H3. The number of halogens is 1. The monoisotopic (exact) mass is 266 g/mol. The first-order valence-corrected chi connectivity index (χ1v) is 6.53. The lowest BCUT2D eigenvalue weighted by Gasteiger charge is -2.14. The number of nitrogens with one attached hydrogen (secondary N) is 1. The van der Waals surface area contributed by atoms with Crippen molar-refractivity contribution >= 4 is 11.3 Å². The summed E-state index contributed by atoms with van der Waals surface area (Å²) in [5.41, 5.74) is 2.81. The molecule has 0 amide bonds. The molecule has 0 aliphatic rings. The molecule has 0 saturated heterocycles. The first-order valence-electron chi connectivity index (χ1n) is 5.65. The van der Waals surface area contributed by atoms with E-state index >= 15 is 0 Å². The van der Waals surface area contributed by atoms with Crippen molar-refractivity contribution in [2.24, 2.45) is 0 Å². The average Bonchev–Trinajstić information content (AvgIpc) is 2.89. The summed E-state index contributed by atoms with van der Waals surface area (Å²) in [6.45, 7) is 2.79. The molecule has 0 saturated carbocycles. The molecule has 0 aliphatic heterocycles. The van der Waals surface area contributed by atoms with Gasteiger partial charge in [0.05, 0.1) is 12.6 Å². The van der Waals surface area contributed by atoms with Gasteiger partial charge in [-0.3, -0.25) is 4.98 Å². The van der Waals surface area contributed by atoms with Gasteiger partial charge in [0.15, 0.2) is 11.6 Å². The predicted molar refractivity (Wildman–Crippen MR) is 70.3 cm³/mol. The van der Waals surface area contributed by atoms with E-state index in [4.69, 9.17) is 4.74 Å². The van der Waals surface area contributed by atoms with E-state index in [0.29, 0.717) is 0 Å². The Hall–Kier alpha value is -1.46. The number of thiazole rings is 1. The van der Waals surface area contributed by atoms with Crippen LogP contribution in [0.3, 0.4) is 0 Å². The third-order valence-electron chi connectivity index (χ3n) is 2.74. The fraction of sp³-hybridized carbons (Fsp3) is 0.308. The number of hydrogen-bond donors (Lipinski definition) is 1. The normalized spacial score (nSPS) is 12.4. The highest BCUT2D eigenvalue weighted by molar-refractivity contribution is 7.09. The van der Waals surface area contributed by atoms with Gasteiger partial charge in [-0.25, -0.2) is 4.39 Å². The Labute approximate surface area is 110 Å². The fourth-order valence-corrected chi connectivity index (χ4v) is 2.19. The number of nitrogens with zero attached hydrogens (tertiary/aromatic N) is 1. The van der Waals surface area contributed by atoms with Crippen molar-refractivity contribution in [3.8, 4) is 5.75 Å². The van der Waals surface area contributed by atoms with Gasteiger partial charge < -0.3 is 10.1 Å². The first kappa shape index (κ1) is 13.0. The molecular formula is C13H15FN2OS. The summed E-state index contributed by atoms with van der Waals surface area (Å²) < 4.78 is 18.3. The summed E-state index contributed by atoms with van der Waals surface area (Å²) in [7, 11) is 1.47. The smallest absolute Gasteiger partial charge is 0.165 e. The second-order valence-electron chi connectivity index (χ2n) is 3.96. The second-order valence-corrected chi connectivity index (χ2v) is 4.94. The lowest BCUT2D eigenvalue weighted by atomic mass is 10.1. The summed E-state index contributed by atoms with van der Waals surface area (Å²) in [5.74, 6) is -0.0603. The molecule has 96 valence electrons. The van der Waals surface area contributed by atoms with Crippen LogP contribution in [-0.4, -0.2) is 12.1 Å². The molecule has 1 aromatic heterocycles. The van der Waals surface area contributed by atoms with Gasteiger partial charge >= 0.3 is 0 Å². The van der Waals surface area contributed by atoms with E-state index in [1.807, 2.05) is 18.6 Å². The second kappa shape index (κ2) is 5.93. The van der Waals surface area contributed by atoms with Crippen LogP contribution in [0.15, 0.2) is 29.9 Å². The number of methoxy groups -OCH3 is 1. The van der Waals surface area contributed by atoms with Crippen LogP contribution in [-0.2, 0) is 6.54 Å². The Bertz CT molecular complexity index is 502. The van der Waals surface area contributed by atoms with Crippen LogP contribution in [0.4, 0.5) is 4.39 Å². The number of aromatic nitrogens is 1. The number of benzene rings is 1. The largest absolute Gasteiger partial charge is 0.494 e. The molecule has 1 aromatic carbocycles. The molecule has 1 unspecified atom stereocenters. The van der Waals surface area contributed by atoms with Crippen molar-refractivity contribution < 1.29 is 9.13 Å². The minimum absolute atomic E-state index is 0.126. The van der Waals surface area contributed by atoms with Gasteiger partial charge in [0, 0.05) is 23.7 Å². The quantitative estimate of drug-likeness (QED) is 0.902. The van der Waals surface area contributed by atoms with Crippen LogP contribution in [0.25, 0.3) is 0 Å². The van der Waals surface area contributed by atoms with E-state index < -0.39 is 0 Å². The Morgan fingerprint density at radius 1 is 1.50 bits per heavy atom. The number of ether oxygens (including phenoxy) is 1. The van der Waals surface area contributed by atoms with Crippen LogP contribution in [0, 0.1) is 5.82 Å². The minimum atomic E-state index is -0.337. The molecule has 3 nitrogen and oxygen atoms in total. The molecule has 0 fully saturated rings. The Morgan fingerprint density at radius 2 is 2.33 bits per heavy atom. The van der Waals surface area contributed by atoms with Gasteiger partial charge in [-0.15, -0.1) is 11.3 Å². The molecule has 1 heterocycles. The van der Waals surface area contributed by atoms with Gasteiger partial charge in [-0.05, 0) is 24.6 Å². The molecule has 0 bridgehead atoms. The van der Waals surface area contributed by atoms with Crippen molar-refractivity contribution in [1.29, 1.82) is 0 Å². The van der Waals surface area contributed by atoms with Crippen molar-refractivity contribution in [3.05, 3.63) is 46.2 Å². The maximum atomic E-state index is 13.3. The average molecular weight is 266 g/mol. The van der Waals surface area contributed by atoms with Gasteiger partial charge in [-0.1, -0.05) is 6.07 Å². The minimum Gasteiger partial charge on any atom is -0.494 e. The first-order chi connectivity index (χ1) is 8.70. The third-order valence-corrected chi connectivity index (χ3v) is 3.52. The van der Waals surface area contributed by atoms with E-state index in [0.717, 1.165) is 12.1 Å². The molecule has 2 aromatic rings. The van der Waals surface area contributed by atoms with Crippen molar-refractivity contribution in [2.45, 2.75) is 19.5 Å². The Balaban J connectivity index is 2.02. The molecule has 0 aliphatic carbocycles. The fourth-order valence-electron chi connectivity index (χ4n) is 1.65. The molecule has 18 heavy (non-hydrogen) atoms. The van der Waals surface area contributed by atoms with Crippen molar-refractivity contribution in [3.63, 3.8) is 0 Å². The molecular weight excluding hydrogens is 251 g/mol. The van der Waals surface area contributed by atoms with E-state index in [1.165, 1.54) is 18.1 Å². The van der Waals surface area contributed by atoms with Crippen LogP contribution in [0.2, 0.25) is 0 Å².